The molecule has 22 heteroatoms. The van der Waals surface area contributed by atoms with E-state index < -0.39 is 79.9 Å². The Morgan fingerprint density at radius 2 is 1.88 bits per heavy atom. The molecule has 5 aliphatic rings. The molecular formula is C34H37ClN8O11S2. The molecule has 0 radical (unpaired) electrons. The third-order valence-corrected chi connectivity index (χ3v) is 13.8. The lowest BCUT2D eigenvalue weighted by Gasteiger charge is -2.57. The Kier molecular flexibility index (Phi) is 9.65. The van der Waals surface area contributed by atoms with Gasteiger partial charge in [-0.05, 0) is 20.8 Å². The fraction of sp³-hybridized carbons (Fsp3) is 0.471. The lowest BCUT2D eigenvalue weighted by molar-refractivity contribution is -0.941. The minimum atomic E-state index is -1.81. The van der Waals surface area contributed by atoms with Gasteiger partial charge in [-0.15, -0.1) is 23.1 Å². The maximum absolute atomic E-state index is 13.6. The van der Waals surface area contributed by atoms with Crippen molar-refractivity contribution in [3.05, 3.63) is 54.3 Å². The maximum atomic E-state index is 13.6. The molecular weight excluding hydrogens is 796 g/mol. The number of hydrogen-bond donors (Lipinski definition) is 6. The summed E-state index contributed by atoms with van der Waals surface area (Å²) in [6.45, 7) is 6.52. The smallest absolute Gasteiger partial charge is 0.350 e. The number of benzene rings is 1. The van der Waals surface area contributed by atoms with Gasteiger partial charge in [0.2, 0.25) is 5.60 Å². The predicted molar refractivity (Wildman–Crippen MR) is 201 cm³/mol. The summed E-state index contributed by atoms with van der Waals surface area (Å²) in [4.78, 5) is 90.9. The van der Waals surface area contributed by atoms with Gasteiger partial charge in [0, 0.05) is 53.5 Å². The first-order valence-corrected chi connectivity index (χ1v) is 19.6. The van der Waals surface area contributed by atoms with E-state index in [9.17, 15) is 49.2 Å². The number of carbonyl (C=O) groups excluding carboxylic acids is 3. The number of H-pyrrole nitrogens is 1. The van der Waals surface area contributed by atoms with Crippen LogP contribution in [0.4, 0.5) is 5.13 Å². The number of carbonyl (C=O) groups is 4. The third kappa shape index (κ3) is 6.54. The van der Waals surface area contributed by atoms with Crippen molar-refractivity contribution in [2.24, 2.45) is 10.6 Å². The number of oxime groups is 1. The first kappa shape index (κ1) is 39.1. The van der Waals surface area contributed by atoms with Gasteiger partial charge < -0.3 is 50.6 Å². The van der Waals surface area contributed by atoms with Crippen LogP contribution in [-0.2, 0) is 30.6 Å². The highest BCUT2D eigenvalue weighted by atomic mass is 35.5. The Bertz CT molecular complexity index is 2380. The molecule has 19 nitrogen and oxygen atoms in total. The minimum absolute atomic E-state index is 0.00309. The normalized spacial score (nSPS) is 26.2. The van der Waals surface area contributed by atoms with Crippen LogP contribution in [-0.4, -0.2) is 117 Å². The van der Waals surface area contributed by atoms with E-state index in [0.717, 1.165) is 26.9 Å². The largest absolute Gasteiger partial charge is 0.543 e. The van der Waals surface area contributed by atoms with E-state index in [-0.39, 0.29) is 39.0 Å². The van der Waals surface area contributed by atoms with Crippen molar-refractivity contribution in [3.8, 4) is 11.5 Å². The molecule has 298 valence electrons. The number of halogens is 1. The van der Waals surface area contributed by atoms with Gasteiger partial charge in [0.05, 0.1) is 42.2 Å². The number of hydrogen-bond acceptors (Lipinski definition) is 15. The number of aromatic nitrogens is 3. The Hall–Kier alpha value is -5.12. The zero-order valence-electron chi connectivity index (χ0n) is 30.2. The van der Waals surface area contributed by atoms with Crippen molar-refractivity contribution in [2.75, 3.05) is 31.9 Å². The number of aromatic amines is 1. The number of β-lactam (4-membered cyclic amide) rings is 1. The summed E-state index contributed by atoms with van der Waals surface area (Å²) in [5.74, 6) is -5.72. The summed E-state index contributed by atoms with van der Waals surface area (Å²) in [6.07, 6.45) is 1.84. The summed E-state index contributed by atoms with van der Waals surface area (Å²) in [5, 5.41) is 48.4. The second-order valence-electron chi connectivity index (χ2n) is 15.1. The van der Waals surface area contributed by atoms with Gasteiger partial charge in [-0.2, -0.15) is 0 Å². The van der Waals surface area contributed by atoms with Crippen LogP contribution in [0.5, 0.6) is 11.5 Å². The number of amides is 2. The Morgan fingerprint density at radius 3 is 2.46 bits per heavy atom. The molecule has 0 aliphatic carbocycles. The molecule has 2 amide bonds. The van der Waals surface area contributed by atoms with E-state index in [2.05, 4.69) is 20.4 Å². The van der Waals surface area contributed by atoms with Crippen molar-refractivity contribution in [3.63, 3.8) is 0 Å². The second-order valence-corrected chi connectivity index (χ2v) is 17.9. The van der Waals surface area contributed by atoms with Crippen molar-refractivity contribution in [1.29, 1.82) is 0 Å². The molecule has 0 saturated carbocycles. The summed E-state index contributed by atoms with van der Waals surface area (Å²) in [7, 11) is 0. The van der Waals surface area contributed by atoms with Crippen molar-refractivity contribution < 1.29 is 48.9 Å². The van der Waals surface area contributed by atoms with Crippen molar-refractivity contribution in [1.82, 2.24) is 24.8 Å². The quantitative estimate of drug-likeness (QED) is 0.0483. The molecule has 4 saturated heterocycles. The highest BCUT2D eigenvalue weighted by Gasteiger charge is 2.57. The van der Waals surface area contributed by atoms with Gasteiger partial charge in [0.15, 0.2) is 22.3 Å². The zero-order valence-corrected chi connectivity index (χ0v) is 32.5. The van der Waals surface area contributed by atoms with E-state index in [4.69, 9.17) is 22.2 Å². The first-order valence-electron chi connectivity index (χ1n) is 17.4. The van der Waals surface area contributed by atoms with E-state index >= 15 is 0 Å². The van der Waals surface area contributed by atoms with Crippen LogP contribution in [0.3, 0.4) is 0 Å². The SMILES string of the molecule is C[C@@H]1S[C@@H]2[C@H](NC(=O)C(=NOC(C)(C)C(=O)O)c3csc(N)n3)C(=O)N2C(C(=O)[O-])=C1C[N+]12CCC(Cn3c(=O)[nH]c4cc(O)c(O)c(Cl)c4c3=O)(CC1)CC2. The number of thiazole rings is 1. The average Bonchev–Trinajstić information content (AvgIpc) is 3.58. The number of carboxylic acids is 2. The van der Waals surface area contributed by atoms with Crippen LogP contribution >= 0.6 is 34.7 Å². The Morgan fingerprint density at radius 1 is 1.21 bits per heavy atom. The zero-order chi connectivity index (χ0) is 40.6. The minimum Gasteiger partial charge on any atom is -0.543 e. The topological polar surface area (TPSA) is 283 Å². The molecule has 1 aromatic carbocycles. The third-order valence-electron chi connectivity index (χ3n) is 11.3. The molecule has 2 aromatic heterocycles. The number of phenols is 2. The number of piperidine rings is 3. The monoisotopic (exact) mass is 832 g/mol. The van der Waals surface area contributed by atoms with Crippen molar-refractivity contribution in [2.45, 2.75) is 68.8 Å². The number of nitrogens with one attached hydrogen (secondary N) is 2. The number of quaternary nitrogens is 1. The summed E-state index contributed by atoms with van der Waals surface area (Å²) in [5.41, 5.74) is 1.97. The molecule has 4 fully saturated rings. The van der Waals surface area contributed by atoms with Gasteiger partial charge in [-0.1, -0.05) is 16.8 Å². The predicted octanol–water partition coefficient (Wildman–Crippen LogP) is -0.130. The number of rotatable bonds is 11. The fourth-order valence-electron chi connectivity index (χ4n) is 7.85. The van der Waals surface area contributed by atoms with E-state index in [1.54, 1.807) is 0 Å². The molecule has 0 unspecified atom stereocenters. The standard InChI is InChI=1S/C34H37ClN8O11S2/c1-14-15(11-43-7-4-34(5-8-43,6-9-43)13-41-26(47)19-16(38-32(41)53)10-18(44)24(45)20(19)35)23(29(49)50)42-27(48)22(28(42)56-14)39-25(46)21(17-12-55-31(36)37-17)40-54-33(2,3)30(51)52/h10,12,14,22,28H,4-9,11,13H2,1-3H3,(H7-,36,37,38,39,40,44,45,46,47,49,50,51,52,53)/t14-,22+,28+,34?,43?/m0/s1. The number of phenolic OH excluding ortho intramolecular Hbond substituents is 2. The van der Waals surface area contributed by atoms with Crippen LogP contribution in [0.1, 0.15) is 45.7 Å². The van der Waals surface area contributed by atoms with Gasteiger partial charge in [-0.25, -0.2) is 14.6 Å². The molecule has 7 N–H and O–H groups in total. The highest BCUT2D eigenvalue weighted by molar-refractivity contribution is 8.00. The van der Waals surface area contributed by atoms with Gasteiger partial charge >= 0.3 is 11.7 Å². The Balaban J connectivity index is 1.08. The highest BCUT2D eigenvalue weighted by Crippen LogP contribution is 2.49. The van der Waals surface area contributed by atoms with E-state index in [0.29, 0.717) is 55.5 Å². The van der Waals surface area contributed by atoms with E-state index in [1.165, 1.54) is 31.0 Å². The number of nitrogen functional groups attached to an aromatic ring is 1. The number of thioether (sulfide) groups is 1. The van der Waals surface area contributed by atoms with Crippen LogP contribution < -0.4 is 27.4 Å². The number of aliphatic carboxylic acids is 2. The number of nitrogens with two attached hydrogens (primary N) is 1. The molecule has 7 heterocycles. The van der Waals surface area contributed by atoms with Gasteiger partial charge in [-0.3, -0.25) is 23.9 Å². The fourth-order valence-corrected chi connectivity index (χ4v) is 10.1. The lowest BCUT2D eigenvalue weighted by Crippen LogP contribution is -2.72. The number of carboxylic acid groups (broad SMARTS) is 2. The molecule has 5 aliphatic heterocycles. The van der Waals surface area contributed by atoms with E-state index in [1.807, 2.05) is 6.92 Å². The molecule has 56 heavy (non-hydrogen) atoms. The summed E-state index contributed by atoms with van der Waals surface area (Å²) in [6, 6.07) is -0.0978. The Labute approximate surface area is 330 Å². The van der Waals surface area contributed by atoms with Crippen LogP contribution in [0.15, 0.2) is 37.5 Å². The summed E-state index contributed by atoms with van der Waals surface area (Å²) >= 11 is 8.49. The molecule has 0 spiro atoms. The maximum Gasteiger partial charge on any atom is 0.350 e. The molecule has 8 rings (SSSR count). The molecule has 2 bridgehead atoms. The molecule has 3 atom stereocenters. The van der Waals surface area contributed by atoms with Crippen LogP contribution in [0.2, 0.25) is 5.02 Å². The summed E-state index contributed by atoms with van der Waals surface area (Å²) < 4.78 is 1.60. The van der Waals surface area contributed by atoms with Gasteiger partial charge in [0.25, 0.3) is 17.4 Å². The first-order chi connectivity index (χ1) is 26.3. The van der Waals surface area contributed by atoms with Gasteiger partial charge in [0.1, 0.15) is 28.7 Å². The lowest BCUT2D eigenvalue weighted by atomic mass is 9.70. The van der Waals surface area contributed by atoms with Crippen LogP contribution in [0, 0.1) is 5.41 Å². The second kappa shape index (κ2) is 13.8. The number of anilines is 1. The number of nitrogens with zero attached hydrogens (tertiary/aromatic N) is 5. The molecule has 3 aromatic rings. The number of aromatic hydroxyl groups is 2. The number of fused-ring (bicyclic) bond motifs is 5. The van der Waals surface area contributed by atoms with Crippen molar-refractivity contribution >= 4 is 80.2 Å². The average molecular weight is 833 g/mol. The van der Waals surface area contributed by atoms with Crippen LogP contribution in [0.25, 0.3) is 10.9 Å².